The first-order chi connectivity index (χ1) is 8.93. The fourth-order valence-corrected chi connectivity index (χ4v) is 2.47. The van der Waals surface area contributed by atoms with Crippen LogP contribution in [0.2, 0.25) is 0 Å². The van der Waals surface area contributed by atoms with Gasteiger partial charge in [-0.05, 0) is 24.6 Å². The number of pyridine rings is 1. The molecule has 0 radical (unpaired) electrons. The molecular formula is C15H21N3O. The van der Waals surface area contributed by atoms with Crippen molar-refractivity contribution in [1.29, 1.82) is 0 Å². The zero-order valence-corrected chi connectivity index (χ0v) is 12.0. The van der Waals surface area contributed by atoms with E-state index in [-0.39, 0.29) is 11.5 Å². The molecule has 3 heterocycles. The Morgan fingerprint density at radius 2 is 2.11 bits per heavy atom. The van der Waals surface area contributed by atoms with E-state index in [9.17, 15) is 0 Å². The molecule has 0 spiro atoms. The third kappa shape index (κ3) is 2.32. The van der Waals surface area contributed by atoms with Gasteiger partial charge in [0.25, 0.3) is 0 Å². The van der Waals surface area contributed by atoms with Gasteiger partial charge in [0.2, 0.25) is 5.88 Å². The molecule has 0 saturated carbocycles. The van der Waals surface area contributed by atoms with E-state index in [4.69, 9.17) is 4.74 Å². The summed E-state index contributed by atoms with van der Waals surface area (Å²) in [6.45, 7) is 8.55. The molecule has 1 aliphatic heterocycles. The second-order valence-corrected chi connectivity index (χ2v) is 6.47. The topological polar surface area (TPSA) is 41.1 Å². The van der Waals surface area contributed by atoms with Crippen molar-refractivity contribution in [3.63, 3.8) is 0 Å². The molecule has 4 nitrogen and oxygen atoms in total. The van der Waals surface area contributed by atoms with Crippen molar-refractivity contribution in [1.82, 2.24) is 14.9 Å². The molecule has 4 heteroatoms. The number of fused-ring (bicyclic) bond motifs is 1. The normalized spacial score (nSPS) is 17.7. The summed E-state index contributed by atoms with van der Waals surface area (Å²) in [7, 11) is 2.10. The first-order valence-corrected chi connectivity index (χ1v) is 6.77. The van der Waals surface area contributed by atoms with Crippen molar-refractivity contribution in [2.24, 2.45) is 0 Å². The molecule has 1 saturated heterocycles. The minimum atomic E-state index is 0.0312. The average Bonchev–Trinajstić information content (AvgIpc) is 2.71. The lowest BCUT2D eigenvalue weighted by Crippen LogP contribution is -2.51. The van der Waals surface area contributed by atoms with Crippen LogP contribution in [0.15, 0.2) is 18.3 Å². The van der Waals surface area contributed by atoms with E-state index < -0.39 is 0 Å². The largest absolute Gasteiger partial charge is 0.471 e. The van der Waals surface area contributed by atoms with Gasteiger partial charge in [-0.15, -0.1) is 0 Å². The van der Waals surface area contributed by atoms with E-state index in [0.717, 1.165) is 30.0 Å². The zero-order valence-electron chi connectivity index (χ0n) is 12.0. The molecule has 0 aliphatic carbocycles. The lowest BCUT2D eigenvalue weighted by Gasteiger charge is -2.36. The molecule has 0 unspecified atom stereocenters. The minimum absolute atomic E-state index is 0.0312. The number of ether oxygens (including phenoxy) is 1. The van der Waals surface area contributed by atoms with Crippen LogP contribution in [0.1, 0.15) is 26.3 Å². The highest BCUT2D eigenvalue weighted by Crippen LogP contribution is 2.33. The number of nitrogens with zero attached hydrogens (tertiary/aromatic N) is 2. The molecule has 2 aromatic rings. The smallest absolute Gasteiger partial charge is 0.219 e. The lowest BCUT2D eigenvalue weighted by molar-refractivity contribution is 0.0344. The van der Waals surface area contributed by atoms with Gasteiger partial charge in [-0.3, -0.25) is 4.90 Å². The number of aromatic nitrogens is 2. The maximum Gasteiger partial charge on any atom is 0.219 e. The number of hydrogen-bond donors (Lipinski definition) is 1. The number of rotatable bonds is 2. The maximum absolute atomic E-state index is 6.08. The van der Waals surface area contributed by atoms with Crippen LogP contribution in [0.4, 0.5) is 0 Å². The highest BCUT2D eigenvalue weighted by atomic mass is 16.5. The number of H-pyrrole nitrogens is 1. The summed E-state index contributed by atoms with van der Waals surface area (Å²) >= 11 is 0. The van der Waals surface area contributed by atoms with Gasteiger partial charge in [0.05, 0.1) is 0 Å². The molecule has 1 aliphatic rings. The summed E-state index contributed by atoms with van der Waals surface area (Å²) in [5.74, 6) is 0.778. The monoisotopic (exact) mass is 259 g/mol. The van der Waals surface area contributed by atoms with E-state index in [1.807, 2.05) is 6.20 Å². The molecule has 3 rings (SSSR count). The third-order valence-corrected chi connectivity index (χ3v) is 3.62. The molecule has 0 atom stereocenters. The Bertz CT molecular complexity index is 591. The second kappa shape index (κ2) is 4.23. The molecular weight excluding hydrogens is 238 g/mol. The van der Waals surface area contributed by atoms with E-state index in [2.05, 4.69) is 54.8 Å². The van der Waals surface area contributed by atoms with Crippen molar-refractivity contribution in [2.75, 3.05) is 20.1 Å². The summed E-state index contributed by atoms with van der Waals surface area (Å²) in [4.78, 5) is 10.1. The lowest BCUT2D eigenvalue weighted by atomic mass is 9.87. The Morgan fingerprint density at radius 3 is 2.74 bits per heavy atom. The van der Waals surface area contributed by atoms with Gasteiger partial charge in [0, 0.05) is 30.2 Å². The minimum Gasteiger partial charge on any atom is -0.471 e. The molecule has 1 fully saturated rings. The standard InChI is InChI=1S/C15H21N3O/c1-15(2,3)12-7-10-5-6-16-13(10)17-14(12)19-11-8-18(4)9-11/h5-7,11H,8-9H2,1-4H3,(H,16,17). The van der Waals surface area contributed by atoms with Crippen LogP contribution in [0, 0.1) is 0 Å². The van der Waals surface area contributed by atoms with E-state index in [0.29, 0.717) is 0 Å². The van der Waals surface area contributed by atoms with Crippen molar-refractivity contribution in [2.45, 2.75) is 32.3 Å². The Kier molecular flexibility index (Phi) is 2.78. The number of aromatic amines is 1. The van der Waals surface area contributed by atoms with Crippen molar-refractivity contribution >= 4 is 11.0 Å². The summed E-state index contributed by atoms with van der Waals surface area (Å²) in [5, 5.41) is 1.14. The molecule has 102 valence electrons. The Hall–Kier alpha value is -1.55. The van der Waals surface area contributed by atoms with Gasteiger partial charge in [0.15, 0.2) is 0 Å². The van der Waals surface area contributed by atoms with Crippen LogP contribution in [-0.2, 0) is 5.41 Å². The van der Waals surface area contributed by atoms with Crippen LogP contribution in [0.5, 0.6) is 5.88 Å². The van der Waals surface area contributed by atoms with E-state index in [1.54, 1.807) is 0 Å². The van der Waals surface area contributed by atoms with Crippen LogP contribution in [-0.4, -0.2) is 41.1 Å². The molecule has 1 N–H and O–H groups in total. The Labute approximate surface area is 113 Å². The fourth-order valence-electron chi connectivity index (χ4n) is 2.47. The van der Waals surface area contributed by atoms with E-state index in [1.165, 1.54) is 5.56 Å². The third-order valence-electron chi connectivity index (χ3n) is 3.62. The number of likely N-dealkylation sites (tertiary alicyclic amines) is 1. The molecule has 2 aromatic heterocycles. The molecule has 0 amide bonds. The number of likely N-dealkylation sites (N-methyl/N-ethyl adjacent to an activating group) is 1. The summed E-state index contributed by atoms with van der Waals surface area (Å²) in [5.41, 5.74) is 2.11. The van der Waals surface area contributed by atoms with Crippen LogP contribution in [0.25, 0.3) is 11.0 Å². The first-order valence-electron chi connectivity index (χ1n) is 6.77. The van der Waals surface area contributed by atoms with Crippen molar-refractivity contribution < 1.29 is 4.74 Å². The van der Waals surface area contributed by atoms with Gasteiger partial charge in [-0.1, -0.05) is 20.8 Å². The van der Waals surface area contributed by atoms with Gasteiger partial charge in [-0.25, -0.2) is 0 Å². The van der Waals surface area contributed by atoms with Crippen LogP contribution < -0.4 is 4.74 Å². The average molecular weight is 259 g/mol. The predicted molar refractivity (Wildman–Crippen MR) is 76.7 cm³/mol. The molecule has 19 heavy (non-hydrogen) atoms. The van der Waals surface area contributed by atoms with Gasteiger partial charge >= 0.3 is 0 Å². The SMILES string of the molecule is CN1CC(Oc2nc3[nH]ccc3cc2C(C)(C)C)C1. The summed E-state index contributed by atoms with van der Waals surface area (Å²) in [6, 6.07) is 4.25. The Balaban J connectivity index is 1.99. The van der Waals surface area contributed by atoms with Crippen molar-refractivity contribution in [3.8, 4) is 5.88 Å². The fraction of sp³-hybridized carbons (Fsp3) is 0.533. The molecule has 0 aromatic carbocycles. The second-order valence-electron chi connectivity index (χ2n) is 6.47. The summed E-state index contributed by atoms with van der Waals surface area (Å²) < 4.78 is 6.08. The quantitative estimate of drug-likeness (QED) is 0.901. The predicted octanol–water partition coefficient (Wildman–Crippen LogP) is 2.55. The number of nitrogens with one attached hydrogen (secondary N) is 1. The van der Waals surface area contributed by atoms with Gasteiger partial charge in [-0.2, -0.15) is 4.98 Å². The van der Waals surface area contributed by atoms with Crippen LogP contribution in [0.3, 0.4) is 0 Å². The Morgan fingerprint density at radius 1 is 1.37 bits per heavy atom. The van der Waals surface area contributed by atoms with Gasteiger partial charge < -0.3 is 9.72 Å². The molecule has 0 bridgehead atoms. The van der Waals surface area contributed by atoms with Crippen molar-refractivity contribution in [3.05, 3.63) is 23.9 Å². The highest BCUT2D eigenvalue weighted by molar-refractivity contribution is 5.77. The first kappa shape index (κ1) is 12.5. The van der Waals surface area contributed by atoms with E-state index >= 15 is 0 Å². The zero-order chi connectivity index (χ0) is 13.6. The highest BCUT2D eigenvalue weighted by Gasteiger charge is 2.28. The number of hydrogen-bond acceptors (Lipinski definition) is 3. The maximum atomic E-state index is 6.08. The van der Waals surface area contributed by atoms with Crippen LogP contribution >= 0.6 is 0 Å². The van der Waals surface area contributed by atoms with Gasteiger partial charge in [0.1, 0.15) is 11.8 Å². The summed E-state index contributed by atoms with van der Waals surface area (Å²) in [6.07, 6.45) is 2.19.